The van der Waals surface area contributed by atoms with Crippen LogP contribution in [0.2, 0.25) is 0 Å². The molecule has 32 heavy (non-hydrogen) atoms. The first-order chi connectivity index (χ1) is 15.3. The molecule has 4 amide bonds. The normalized spacial score (nSPS) is 17.7. The molecule has 1 unspecified atom stereocenters. The molecular formula is C23H19N5O3S. The zero-order valence-electron chi connectivity index (χ0n) is 17.4. The van der Waals surface area contributed by atoms with E-state index in [2.05, 4.69) is 15.6 Å². The maximum Gasteiger partial charge on any atom is 0.325 e. The van der Waals surface area contributed by atoms with E-state index in [1.807, 2.05) is 24.4 Å². The highest BCUT2D eigenvalue weighted by Gasteiger charge is 2.49. The van der Waals surface area contributed by atoms with Gasteiger partial charge in [0.25, 0.3) is 5.91 Å². The summed E-state index contributed by atoms with van der Waals surface area (Å²) in [4.78, 5) is 43.4. The van der Waals surface area contributed by atoms with Crippen molar-refractivity contribution in [2.24, 2.45) is 0 Å². The average Bonchev–Trinajstić information content (AvgIpc) is 3.31. The van der Waals surface area contributed by atoms with Crippen molar-refractivity contribution in [2.75, 3.05) is 11.9 Å². The van der Waals surface area contributed by atoms with Crippen molar-refractivity contribution in [1.82, 2.24) is 15.2 Å². The lowest BCUT2D eigenvalue weighted by molar-refractivity contribution is -0.133. The molecule has 1 aromatic heterocycles. The third-order valence-corrected chi connectivity index (χ3v) is 6.00. The highest BCUT2D eigenvalue weighted by Crippen LogP contribution is 2.29. The Morgan fingerprint density at radius 2 is 2.00 bits per heavy atom. The third-order valence-electron chi connectivity index (χ3n) is 5.23. The molecule has 1 fully saturated rings. The molecule has 0 saturated carbocycles. The second-order valence-corrected chi connectivity index (χ2v) is 8.58. The van der Waals surface area contributed by atoms with Gasteiger partial charge in [-0.05, 0) is 43.7 Å². The molecule has 0 radical (unpaired) electrons. The van der Waals surface area contributed by atoms with Crippen LogP contribution in [0, 0.1) is 18.3 Å². The second kappa shape index (κ2) is 8.24. The molecule has 8 nitrogen and oxygen atoms in total. The van der Waals surface area contributed by atoms with Gasteiger partial charge in [-0.15, -0.1) is 11.3 Å². The lowest BCUT2D eigenvalue weighted by Crippen LogP contribution is -2.42. The number of carbonyl (C=O) groups excluding carboxylic acids is 3. The van der Waals surface area contributed by atoms with E-state index >= 15 is 0 Å². The van der Waals surface area contributed by atoms with Crippen LogP contribution in [-0.2, 0) is 15.1 Å². The zero-order chi connectivity index (χ0) is 22.9. The summed E-state index contributed by atoms with van der Waals surface area (Å²) in [5.41, 5.74) is 1.88. The van der Waals surface area contributed by atoms with E-state index < -0.39 is 29.9 Å². The largest absolute Gasteiger partial charge is 0.325 e. The summed E-state index contributed by atoms with van der Waals surface area (Å²) in [6, 6.07) is 15.0. The third kappa shape index (κ3) is 3.96. The first-order valence-electron chi connectivity index (χ1n) is 9.77. The van der Waals surface area contributed by atoms with Gasteiger partial charge in [0.1, 0.15) is 12.1 Å². The Labute approximate surface area is 188 Å². The number of nitriles is 1. The number of urea groups is 1. The molecule has 1 atom stereocenters. The van der Waals surface area contributed by atoms with Crippen LogP contribution in [0.3, 0.4) is 0 Å². The van der Waals surface area contributed by atoms with Gasteiger partial charge in [0.2, 0.25) is 5.91 Å². The number of imide groups is 1. The molecule has 3 aromatic rings. The number of nitrogens with zero attached hydrogens (tertiary/aromatic N) is 3. The minimum absolute atomic E-state index is 0.420. The number of hydrogen-bond acceptors (Lipinski definition) is 6. The molecule has 9 heteroatoms. The quantitative estimate of drug-likeness (QED) is 0.584. The smallest absolute Gasteiger partial charge is 0.325 e. The van der Waals surface area contributed by atoms with Crippen molar-refractivity contribution < 1.29 is 14.4 Å². The van der Waals surface area contributed by atoms with Crippen molar-refractivity contribution in [3.8, 4) is 17.3 Å². The summed E-state index contributed by atoms with van der Waals surface area (Å²) in [5.74, 6) is -1.03. The Bertz CT molecular complexity index is 1260. The van der Waals surface area contributed by atoms with Crippen molar-refractivity contribution in [3.63, 3.8) is 0 Å². The Balaban J connectivity index is 1.47. The number of benzene rings is 2. The van der Waals surface area contributed by atoms with E-state index in [1.54, 1.807) is 49.4 Å². The number of thiazole rings is 1. The summed E-state index contributed by atoms with van der Waals surface area (Å²) in [5, 5.41) is 17.2. The molecule has 2 aromatic carbocycles. The Morgan fingerprint density at radius 3 is 2.66 bits per heavy atom. The Hall–Kier alpha value is -4.03. The Morgan fingerprint density at radius 1 is 1.25 bits per heavy atom. The monoisotopic (exact) mass is 445 g/mol. The summed E-state index contributed by atoms with van der Waals surface area (Å²) in [7, 11) is 0. The lowest BCUT2D eigenvalue weighted by Gasteiger charge is -2.22. The van der Waals surface area contributed by atoms with E-state index in [-0.39, 0.29) is 0 Å². The van der Waals surface area contributed by atoms with Crippen molar-refractivity contribution in [3.05, 3.63) is 70.0 Å². The average molecular weight is 446 g/mol. The number of carbonyl (C=O) groups is 3. The summed E-state index contributed by atoms with van der Waals surface area (Å²) < 4.78 is 0. The van der Waals surface area contributed by atoms with Gasteiger partial charge in [-0.2, -0.15) is 5.26 Å². The fourth-order valence-electron chi connectivity index (χ4n) is 3.51. The van der Waals surface area contributed by atoms with Crippen LogP contribution in [0.1, 0.15) is 23.1 Å². The van der Waals surface area contributed by atoms with Crippen molar-refractivity contribution in [1.29, 1.82) is 5.26 Å². The molecule has 0 bridgehead atoms. The number of anilines is 1. The molecular weight excluding hydrogens is 426 g/mol. The summed E-state index contributed by atoms with van der Waals surface area (Å²) in [6.45, 7) is 3.08. The number of rotatable bonds is 5. The zero-order valence-corrected chi connectivity index (χ0v) is 18.2. The number of nitrogens with one attached hydrogen (secondary N) is 2. The highest BCUT2D eigenvalue weighted by molar-refractivity contribution is 7.09. The first kappa shape index (κ1) is 21.2. The van der Waals surface area contributed by atoms with E-state index in [0.717, 1.165) is 21.2 Å². The van der Waals surface area contributed by atoms with Crippen LogP contribution >= 0.6 is 11.3 Å². The predicted molar refractivity (Wildman–Crippen MR) is 120 cm³/mol. The standard InChI is InChI=1S/C23H19N5O3S/c1-14-25-19(13-32-14)16-4-3-5-18(10-16)26-20(29)12-28-21(30)23(2,27-22(28)31)17-8-6-15(11-24)7-9-17/h3-10,13H,12H2,1-2H3,(H,26,29)(H,27,31). The van der Waals surface area contributed by atoms with Gasteiger partial charge >= 0.3 is 6.03 Å². The van der Waals surface area contributed by atoms with Gasteiger partial charge in [0, 0.05) is 16.6 Å². The van der Waals surface area contributed by atoms with Crippen LogP contribution in [0.15, 0.2) is 53.9 Å². The van der Waals surface area contributed by atoms with Gasteiger partial charge < -0.3 is 10.6 Å². The van der Waals surface area contributed by atoms with Gasteiger partial charge in [-0.1, -0.05) is 24.3 Å². The maximum absolute atomic E-state index is 13.0. The summed E-state index contributed by atoms with van der Waals surface area (Å²) in [6.07, 6.45) is 0. The fourth-order valence-corrected chi connectivity index (χ4v) is 4.13. The van der Waals surface area contributed by atoms with Crippen LogP contribution in [0.25, 0.3) is 11.3 Å². The number of aromatic nitrogens is 1. The topological polar surface area (TPSA) is 115 Å². The molecule has 1 aliphatic heterocycles. The van der Waals surface area contributed by atoms with Crippen LogP contribution in [0.5, 0.6) is 0 Å². The fraction of sp³-hybridized carbons (Fsp3) is 0.174. The van der Waals surface area contributed by atoms with Crippen molar-refractivity contribution in [2.45, 2.75) is 19.4 Å². The number of hydrogen-bond donors (Lipinski definition) is 2. The van der Waals surface area contributed by atoms with E-state index in [1.165, 1.54) is 11.3 Å². The van der Waals surface area contributed by atoms with Gasteiger partial charge in [-0.3, -0.25) is 14.5 Å². The minimum atomic E-state index is -1.31. The van der Waals surface area contributed by atoms with Crippen LogP contribution in [-0.4, -0.2) is 34.3 Å². The SMILES string of the molecule is Cc1nc(-c2cccc(NC(=O)CN3C(=O)NC(C)(c4ccc(C#N)cc4)C3=O)c2)cs1. The van der Waals surface area contributed by atoms with E-state index in [0.29, 0.717) is 16.8 Å². The molecule has 1 saturated heterocycles. The van der Waals surface area contributed by atoms with E-state index in [4.69, 9.17) is 5.26 Å². The molecule has 1 aliphatic rings. The predicted octanol–water partition coefficient (Wildman–Crippen LogP) is 3.40. The molecule has 2 N–H and O–H groups in total. The van der Waals surface area contributed by atoms with Gasteiger partial charge in [0.05, 0.1) is 22.3 Å². The second-order valence-electron chi connectivity index (χ2n) is 7.52. The highest BCUT2D eigenvalue weighted by atomic mass is 32.1. The molecule has 0 aliphatic carbocycles. The van der Waals surface area contributed by atoms with Crippen molar-refractivity contribution >= 4 is 34.9 Å². The molecule has 2 heterocycles. The maximum atomic E-state index is 13.0. The minimum Gasteiger partial charge on any atom is -0.325 e. The summed E-state index contributed by atoms with van der Waals surface area (Å²) >= 11 is 1.54. The molecule has 0 spiro atoms. The number of aryl methyl sites for hydroxylation is 1. The molecule has 160 valence electrons. The van der Waals surface area contributed by atoms with Crippen LogP contribution < -0.4 is 10.6 Å². The molecule has 4 rings (SSSR count). The first-order valence-corrected chi connectivity index (χ1v) is 10.7. The van der Waals surface area contributed by atoms with Gasteiger partial charge in [-0.25, -0.2) is 9.78 Å². The number of amides is 4. The van der Waals surface area contributed by atoms with Crippen LogP contribution in [0.4, 0.5) is 10.5 Å². The Kier molecular flexibility index (Phi) is 5.47. The van der Waals surface area contributed by atoms with Gasteiger partial charge in [0.15, 0.2) is 0 Å². The lowest BCUT2D eigenvalue weighted by atomic mass is 9.91. The van der Waals surface area contributed by atoms with E-state index in [9.17, 15) is 14.4 Å².